The number of aryl methyl sites for hydroxylation is 2. The fourth-order valence-electron chi connectivity index (χ4n) is 7.34. The lowest BCUT2D eigenvalue weighted by atomic mass is 10.00. The SMILES string of the molecule is O=C(OC(CCCc1ccccc1)CCCc1ccccc1)[C@@H]1CCCCN1C(=O)N[C@@H](COP(=O)(OCc1ccccc1)OCc1ccccc1)Cc1ccccc1. The monoisotopic (exact) mass is 816 g/mol. The van der Waals surface area contributed by atoms with Gasteiger partial charge in [0.25, 0.3) is 0 Å². The smallest absolute Gasteiger partial charge is 0.461 e. The number of nitrogens with one attached hydrogen (secondary N) is 1. The van der Waals surface area contributed by atoms with Crippen molar-refractivity contribution < 1.29 is 32.5 Å². The summed E-state index contributed by atoms with van der Waals surface area (Å²) >= 11 is 0. The Morgan fingerprint density at radius 1 is 0.610 bits per heavy atom. The second-order valence-corrected chi connectivity index (χ2v) is 16.8. The van der Waals surface area contributed by atoms with E-state index in [4.69, 9.17) is 18.3 Å². The maximum absolute atomic E-state index is 14.2. The zero-order valence-corrected chi connectivity index (χ0v) is 34.7. The first kappa shape index (κ1) is 43.5. The normalized spacial score (nSPS) is 14.8. The highest BCUT2D eigenvalue weighted by molar-refractivity contribution is 7.48. The molecule has 2 atom stereocenters. The predicted molar refractivity (Wildman–Crippen MR) is 231 cm³/mol. The summed E-state index contributed by atoms with van der Waals surface area (Å²) in [4.78, 5) is 29.9. The second kappa shape index (κ2) is 23.5. The molecule has 5 aromatic carbocycles. The van der Waals surface area contributed by atoms with Gasteiger partial charge in [-0.3, -0.25) is 13.6 Å². The van der Waals surface area contributed by atoms with Gasteiger partial charge in [-0.05, 0) is 92.0 Å². The molecule has 5 aromatic rings. The van der Waals surface area contributed by atoms with Gasteiger partial charge in [0.1, 0.15) is 12.1 Å². The van der Waals surface area contributed by atoms with Gasteiger partial charge in [0.05, 0.1) is 25.9 Å². The van der Waals surface area contributed by atoms with E-state index in [1.165, 1.54) is 11.1 Å². The van der Waals surface area contributed by atoms with Crippen LogP contribution in [0.4, 0.5) is 4.79 Å². The molecule has 1 heterocycles. The molecule has 0 spiro atoms. The Balaban J connectivity index is 1.12. The number of esters is 1. The summed E-state index contributed by atoms with van der Waals surface area (Å²) in [5.74, 6) is -0.367. The molecular weight excluding hydrogens is 760 g/mol. The Labute approximate surface area is 349 Å². The summed E-state index contributed by atoms with van der Waals surface area (Å²) in [6, 6.07) is 47.5. The van der Waals surface area contributed by atoms with Gasteiger partial charge in [-0.1, -0.05) is 152 Å². The Hall–Kier alpha value is -5.05. The number of ether oxygens (including phenoxy) is 1. The highest BCUT2D eigenvalue weighted by Gasteiger charge is 2.36. The molecule has 0 saturated carbocycles. The zero-order chi connectivity index (χ0) is 41.0. The van der Waals surface area contributed by atoms with Crippen molar-refractivity contribution in [2.24, 2.45) is 0 Å². The van der Waals surface area contributed by atoms with Crippen molar-refractivity contribution in [3.8, 4) is 0 Å². The molecule has 9 nitrogen and oxygen atoms in total. The number of benzene rings is 5. The number of carbonyl (C=O) groups is 2. The van der Waals surface area contributed by atoms with Crippen molar-refractivity contribution in [2.75, 3.05) is 13.2 Å². The zero-order valence-electron chi connectivity index (χ0n) is 33.8. The third-order valence-corrected chi connectivity index (χ3v) is 11.9. The lowest BCUT2D eigenvalue weighted by Crippen LogP contribution is -2.55. The molecule has 1 saturated heterocycles. The Morgan fingerprint density at radius 3 is 1.56 bits per heavy atom. The first-order valence-electron chi connectivity index (χ1n) is 20.9. The average Bonchev–Trinajstić information content (AvgIpc) is 3.28. The Morgan fingerprint density at radius 2 is 1.07 bits per heavy atom. The number of piperidine rings is 1. The molecule has 1 aliphatic heterocycles. The number of amides is 2. The molecule has 2 amide bonds. The lowest BCUT2D eigenvalue weighted by Gasteiger charge is -2.36. The van der Waals surface area contributed by atoms with Gasteiger partial charge in [-0.15, -0.1) is 0 Å². The number of phosphoric ester groups is 1. The first-order valence-corrected chi connectivity index (χ1v) is 22.4. The van der Waals surface area contributed by atoms with Crippen molar-refractivity contribution in [1.29, 1.82) is 0 Å². The van der Waals surface area contributed by atoms with Crippen LogP contribution < -0.4 is 5.32 Å². The lowest BCUT2D eigenvalue weighted by molar-refractivity contribution is -0.156. The Kier molecular flexibility index (Phi) is 17.4. The van der Waals surface area contributed by atoms with Crippen LogP contribution in [0, 0.1) is 0 Å². The first-order chi connectivity index (χ1) is 28.9. The summed E-state index contributed by atoms with van der Waals surface area (Å²) < 4.78 is 38.3. The fraction of sp³-hybridized carbons (Fsp3) is 0.347. The number of rotatable bonds is 22. The summed E-state index contributed by atoms with van der Waals surface area (Å²) in [5.41, 5.74) is 5.09. The third-order valence-electron chi connectivity index (χ3n) is 10.5. The van der Waals surface area contributed by atoms with Gasteiger partial charge in [0.2, 0.25) is 0 Å². The maximum Gasteiger partial charge on any atom is 0.475 e. The van der Waals surface area contributed by atoms with Gasteiger partial charge in [0, 0.05) is 6.54 Å². The van der Waals surface area contributed by atoms with Crippen LogP contribution in [0.2, 0.25) is 0 Å². The number of likely N-dealkylation sites (tertiary alicyclic amines) is 1. The molecule has 0 aromatic heterocycles. The van der Waals surface area contributed by atoms with Crippen molar-refractivity contribution >= 4 is 19.8 Å². The topological polar surface area (TPSA) is 103 Å². The number of hydrogen-bond acceptors (Lipinski definition) is 7. The van der Waals surface area contributed by atoms with Gasteiger partial charge in [0.15, 0.2) is 0 Å². The molecule has 6 rings (SSSR count). The van der Waals surface area contributed by atoms with Crippen LogP contribution >= 0.6 is 7.82 Å². The molecule has 310 valence electrons. The molecule has 1 fully saturated rings. The van der Waals surface area contributed by atoms with Crippen molar-refractivity contribution in [1.82, 2.24) is 10.2 Å². The van der Waals surface area contributed by atoms with Crippen LogP contribution in [0.15, 0.2) is 152 Å². The number of urea groups is 1. The molecule has 10 heteroatoms. The average molecular weight is 817 g/mol. The molecule has 0 radical (unpaired) electrons. The molecule has 1 aliphatic rings. The van der Waals surface area contributed by atoms with Crippen molar-refractivity contribution in [3.05, 3.63) is 179 Å². The minimum atomic E-state index is -4.13. The van der Waals surface area contributed by atoms with E-state index >= 15 is 0 Å². The highest BCUT2D eigenvalue weighted by Crippen LogP contribution is 2.51. The van der Waals surface area contributed by atoms with Crippen molar-refractivity contribution in [3.63, 3.8) is 0 Å². The van der Waals surface area contributed by atoms with Gasteiger partial charge >= 0.3 is 19.8 Å². The van der Waals surface area contributed by atoms with E-state index in [2.05, 4.69) is 29.6 Å². The highest BCUT2D eigenvalue weighted by atomic mass is 31.2. The predicted octanol–water partition coefficient (Wildman–Crippen LogP) is 10.7. The maximum atomic E-state index is 14.2. The molecule has 0 bridgehead atoms. The molecule has 0 unspecified atom stereocenters. The summed E-state index contributed by atoms with van der Waals surface area (Å²) in [5, 5.41) is 3.12. The largest absolute Gasteiger partial charge is 0.475 e. The molecule has 0 aliphatic carbocycles. The standard InChI is InChI=1S/C49H57N2O7P/c52-48(58-46(32-18-30-40-20-6-1-7-21-40)33-19-31-41-22-8-2-9-23-41)47-34-16-17-35-51(47)49(53)50-45(36-42-24-10-3-11-25-42)39-57-59(54,55-37-43-26-12-4-13-27-43)56-38-44-28-14-5-15-29-44/h1-15,20-29,45-47H,16-19,30-39H2,(H,50,53)/t45-,47+/m1/s1. The quantitative estimate of drug-likeness (QED) is 0.0548. The van der Waals surface area contributed by atoms with E-state index in [9.17, 15) is 14.2 Å². The summed E-state index contributed by atoms with van der Waals surface area (Å²) in [6.45, 7) is 0.283. The second-order valence-electron chi connectivity index (χ2n) is 15.1. The number of hydrogen-bond donors (Lipinski definition) is 1. The minimum Gasteiger partial charge on any atom is -0.461 e. The van der Waals surface area contributed by atoms with Crippen molar-refractivity contribution in [2.45, 2.75) is 95.6 Å². The molecule has 1 N–H and O–H groups in total. The summed E-state index contributed by atoms with van der Waals surface area (Å²) in [6.07, 6.45) is 7.28. The molecular formula is C49H57N2O7P. The third kappa shape index (κ3) is 14.9. The number of carbonyl (C=O) groups excluding carboxylic acids is 2. The van der Waals surface area contributed by atoms with Gasteiger partial charge in [-0.2, -0.15) is 0 Å². The van der Waals surface area contributed by atoms with Gasteiger partial charge < -0.3 is 15.0 Å². The van der Waals surface area contributed by atoms with Crippen LogP contribution in [0.1, 0.15) is 72.8 Å². The van der Waals surface area contributed by atoms with E-state index in [1.807, 2.05) is 127 Å². The van der Waals surface area contributed by atoms with Crippen LogP contribution in [-0.4, -0.2) is 48.2 Å². The van der Waals surface area contributed by atoms with Crippen LogP contribution in [0.3, 0.4) is 0 Å². The van der Waals surface area contributed by atoms with E-state index < -0.39 is 25.9 Å². The van der Waals surface area contributed by atoms with Crippen LogP contribution in [0.25, 0.3) is 0 Å². The van der Waals surface area contributed by atoms with Crippen LogP contribution in [0.5, 0.6) is 0 Å². The summed E-state index contributed by atoms with van der Waals surface area (Å²) in [7, 11) is -4.13. The minimum absolute atomic E-state index is 0.0136. The van der Waals surface area contributed by atoms with E-state index in [1.54, 1.807) is 4.90 Å². The molecule has 59 heavy (non-hydrogen) atoms. The van der Waals surface area contributed by atoms with E-state index in [0.717, 1.165) is 68.1 Å². The Bertz CT molecular complexity index is 1910. The number of nitrogens with zero attached hydrogens (tertiary/aromatic N) is 1. The van der Waals surface area contributed by atoms with Gasteiger partial charge in [-0.25, -0.2) is 14.2 Å². The van der Waals surface area contributed by atoms with E-state index in [0.29, 0.717) is 19.4 Å². The fourth-order valence-corrected chi connectivity index (χ4v) is 8.54. The van der Waals surface area contributed by atoms with Crippen LogP contribution in [-0.2, 0) is 60.1 Å². The number of phosphoric acid groups is 1. The van der Waals surface area contributed by atoms with E-state index in [-0.39, 0.29) is 31.9 Å².